The predicted octanol–water partition coefficient (Wildman–Crippen LogP) is 4.86. The van der Waals surface area contributed by atoms with Crippen LogP contribution in [0.5, 0.6) is 0 Å². The lowest BCUT2D eigenvalue weighted by Gasteiger charge is -2.34. The summed E-state index contributed by atoms with van der Waals surface area (Å²) in [5, 5.41) is 9.59. The van der Waals surface area contributed by atoms with Gasteiger partial charge in [-0.05, 0) is 48.1 Å². The van der Waals surface area contributed by atoms with Crippen molar-refractivity contribution in [2.24, 2.45) is 0 Å². The van der Waals surface area contributed by atoms with Crippen LogP contribution in [0.25, 0.3) is 5.57 Å². The average Bonchev–Trinajstić information content (AvgIpc) is 2.84. The van der Waals surface area contributed by atoms with Crippen molar-refractivity contribution in [3.05, 3.63) is 76.3 Å². The van der Waals surface area contributed by atoms with Crippen molar-refractivity contribution in [3.63, 3.8) is 0 Å². The van der Waals surface area contributed by atoms with Gasteiger partial charge in [-0.25, -0.2) is 4.79 Å². The van der Waals surface area contributed by atoms with Crippen LogP contribution in [0.3, 0.4) is 0 Å². The number of fused-ring (bicyclic) bond motifs is 2. The molecule has 4 rings (SSSR count). The van der Waals surface area contributed by atoms with Crippen molar-refractivity contribution in [1.29, 1.82) is 0 Å². The van der Waals surface area contributed by atoms with Gasteiger partial charge in [0.15, 0.2) is 0 Å². The van der Waals surface area contributed by atoms with Crippen LogP contribution >= 0.6 is 11.6 Å². The van der Waals surface area contributed by atoms with Gasteiger partial charge < -0.3 is 5.11 Å². The molecule has 2 aliphatic heterocycles. The minimum absolute atomic E-state index is 0.180. The summed E-state index contributed by atoms with van der Waals surface area (Å²) in [6, 6.07) is 16.9. The third-order valence-corrected chi connectivity index (χ3v) is 5.64. The highest BCUT2D eigenvalue weighted by Gasteiger charge is 2.36. The van der Waals surface area contributed by atoms with E-state index in [1.807, 2.05) is 12.1 Å². The lowest BCUT2D eigenvalue weighted by molar-refractivity contribution is 0.0697. The smallest absolute Gasteiger partial charge is 0.337 e. The quantitative estimate of drug-likeness (QED) is 0.853. The number of aromatic carboxylic acids is 1. The van der Waals surface area contributed by atoms with E-state index in [-0.39, 0.29) is 5.56 Å². The molecular weight excluding hydrogens is 334 g/mol. The molecule has 2 heterocycles. The Morgan fingerprint density at radius 2 is 1.96 bits per heavy atom. The predicted molar refractivity (Wildman–Crippen MR) is 99.8 cm³/mol. The molecule has 1 fully saturated rings. The monoisotopic (exact) mass is 353 g/mol. The van der Waals surface area contributed by atoms with Gasteiger partial charge in [0.25, 0.3) is 0 Å². The Morgan fingerprint density at radius 1 is 1.16 bits per heavy atom. The summed E-state index contributed by atoms with van der Waals surface area (Å²) in [4.78, 5) is 13.9. The Kier molecular flexibility index (Phi) is 4.36. The van der Waals surface area contributed by atoms with Crippen LogP contribution in [-0.4, -0.2) is 28.1 Å². The van der Waals surface area contributed by atoms with Crippen LogP contribution in [-0.2, 0) is 6.54 Å². The summed E-state index contributed by atoms with van der Waals surface area (Å²) < 4.78 is 0. The average molecular weight is 354 g/mol. The molecule has 2 aliphatic rings. The highest BCUT2D eigenvalue weighted by atomic mass is 35.5. The van der Waals surface area contributed by atoms with Crippen molar-refractivity contribution in [2.45, 2.75) is 37.9 Å². The number of benzene rings is 2. The highest BCUT2D eigenvalue weighted by Crippen LogP contribution is 2.39. The van der Waals surface area contributed by atoms with Gasteiger partial charge in [0, 0.05) is 18.6 Å². The normalized spacial score (nSPS) is 22.7. The molecule has 4 heteroatoms. The summed E-state index contributed by atoms with van der Waals surface area (Å²) in [5.74, 6) is -0.975. The molecule has 2 unspecified atom stereocenters. The van der Waals surface area contributed by atoms with E-state index in [1.54, 1.807) is 12.1 Å². The van der Waals surface area contributed by atoms with Crippen LogP contribution in [0.4, 0.5) is 0 Å². The highest BCUT2D eigenvalue weighted by molar-refractivity contribution is 6.33. The number of carbonyl (C=O) groups is 1. The molecular formula is C21H20ClNO2. The molecule has 2 atom stereocenters. The Bertz CT molecular complexity index is 831. The standard InChI is InChI=1S/C21H20ClNO2/c22-20-9-6-15(12-19(20)21(24)25)16-10-17-7-8-18(11-16)23(17)13-14-4-2-1-3-5-14/h1-6,9-10,12,17-18H,7-8,11,13H2,(H,24,25). The minimum atomic E-state index is -0.975. The Hall–Kier alpha value is -2.10. The number of halogens is 1. The molecule has 128 valence electrons. The van der Waals surface area contributed by atoms with Crippen LogP contribution < -0.4 is 0 Å². The molecule has 0 aliphatic carbocycles. The van der Waals surface area contributed by atoms with E-state index >= 15 is 0 Å². The number of hydrogen-bond acceptors (Lipinski definition) is 2. The van der Waals surface area contributed by atoms with Crippen molar-refractivity contribution in [3.8, 4) is 0 Å². The molecule has 1 N–H and O–H groups in total. The molecule has 2 aromatic rings. The van der Waals surface area contributed by atoms with Crippen molar-refractivity contribution in [2.75, 3.05) is 0 Å². The fourth-order valence-electron chi connectivity index (χ4n) is 4.06. The number of rotatable bonds is 4. The van der Waals surface area contributed by atoms with Gasteiger partial charge in [-0.3, -0.25) is 4.90 Å². The zero-order valence-corrected chi connectivity index (χ0v) is 14.6. The SMILES string of the molecule is O=C(O)c1cc(C2=CC3CCC(C2)N3Cc2ccccc2)ccc1Cl. The van der Waals surface area contributed by atoms with Crippen LogP contribution in [0.1, 0.15) is 40.7 Å². The third kappa shape index (κ3) is 3.22. The van der Waals surface area contributed by atoms with Gasteiger partial charge in [-0.15, -0.1) is 0 Å². The van der Waals surface area contributed by atoms with E-state index in [0.717, 1.165) is 18.5 Å². The van der Waals surface area contributed by atoms with Gasteiger partial charge in [0.2, 0.25) is 0 Å². The molecule has 0 saturated carbocycles. The zero-order valence-electron chi connectivity index (χ0n) is 13.9. The maximum Gasteiger partial charge on any atom is 0.337 e. The van der Waals surface area contributed by atoms with Gasteiger partial charge >= 0.3 is 5.97 Å². The Labute approximate surface area is 152 Å². The zero-order chi connectivity index (χ0) is 17.4. The largest absolute Gasteiger partial charge is 0.478 e. The number of hydrogen-bond donors (Lipinski definition) is 1. The molecule has 0 amide bonds. The minimum Gasteiger partial charge on any atom is -0.478 e. The molecule has 2 aromatic carbocycles. The summed E-state index contributed by atoms with van der Waals surface area (Å²) in [6.45, 7) is 0.973. The molecule has 25 heavy (non-hydrogen) atoms. The molecule has 0 aromatic heterocycles. The second kappa shape index (κ2) is 6.66. The van der Waals surface area contributed by atoms with E-state index in [2.05, 4.69) is 35.2 Å². The molecule has 0 spiro atoms. The van der Waals surface area contributed by atoms with E-state index in [0.29, 0.717) is 17.1 Å². The molecule has 1 saturated heterocycles. The lowest BCUT2D eigenvalue weighted by atomic mass is 9.93. The van der Waals surface area contributed by atoms with Crippen LogP contribution in [0, 0.1) is 0 Å². The summed E-state index contributed by atoms with van der Waals surface area (Å²) >= 11 is 6.00. The maximum atomic E-state index is 11.3. The first-order valence-electron chi connectivity index (χ1n) is 8.65. The number of carboxylic acids is 1. The van der Waals surface area contributed by atoms with Crippen molar-refractivity contribution in [1.82, 2.24) is 4.90 Å². The summed E-state index contributed by atoms with van der Waals surface area (Å²) in [6.07, 6.45) is 5.64. The van der Waals surface area contributed by atoms with E-state index in [4.69, 9.17) is 11.6 Å². The number of carboxylic acid groups (broad SMARTS) is 1. The Balaban J connectivity index is 1.59. The Morgan fingerprint density at radius 3 is 2.68 bits per heavy atom. The fraction of sp³-hybridized carbons (Fsp3) is 0.286. The van der Waals surface area contributed by atoms with Crippen molar-refractivity contribution < 1.29 is 9.90 Å². The van der Waals surface area contributed by atoms with Crippen LogP contribution in [0.15, 0.2) is 54.6 Å². The van der Waals surface area contributed by atoms with Gasteiger partial charge in [0.1, 0.15) is 0 Å². The summed E-state index contributed by atoms with van der Waals surface area (Å²) in [5.41, 5.74) is 3.75. The molecule has 0 radical (unpaired) electrons. The second-order valence-corrected chi connectivity index (χ2v) is 7.26. The summed E-state index contributed by atoms with van der Waals surface area (Å²) in [7, 11) is 0. The first-order valence-corrected chi connectivity index (χ1v) is 9.03. The van der Waals surface area contributed by atoms with Gasteiger partial charge in [-0.2, -0.15) is 0 Å². The fourth-order valence-corrected chi connectivity index (χ4v) is 4.26. The first kappa shape index (κ1) is 16.4. The van der Waals surface area contributed by atoms with Gasteiger partial charge in [-0.1, -0.05) is 54.1 Å². The lowest BCUT2D eigenvalue weighted by Crippen LogP contribution is -2.37. The molecule has 3 nitrogen and oxygen atoms in total. The first-order chi connectivity index (χ1) is 12.1. The topological polar surface area (TPSA) is 40.5 Å². The molecule has 2 bridgehead atoms. The number of nitrogens with zero attached hydrogens (tertiary/aromatic N) is 1. The van der Waals surface area contributed by atoms with E-state index in [1.165, 1.54) is 24.0 Å². The maximum absolute atomic E-state index is 11.3. The van der Waals surface area contributed by atoms with E-state index in [9.17, 15) is 9.90 Å². The third-order valence-electron chi connectivity index (χ3n) is 5.32. The van der Waals surface area contributed by atoms with E-state index < -0.39 is 5.97 Å². The van der Waals surface area contributed by atoms with Gasteiger partial charge in [0.05, 0.1) is 10.6 Å². The van der Waals surface area contributed by atoms with Crippen LogP contribution in [0.2, 0.25) is 5.02 Å². The second-order valence-electron chi connectivity index (χ2n) is 6.85. The van der Waals surface area contributed by atoms with Crippen molar-refractivity contribution >= 4 is 23.1 Å².